The minimum absolute atomic E-state index is 0.0135. The summed E-state index contributed by atoms with van der Waals surface area (Å²) in [6.45, 7) is 21.8. The number of carboxylic acid groups (broad SMARTS) is 1. The second-order valence-corrected chi connectivity index (χ2v) is 24.3. The summed E-state index contributed by atoms with van der Waals surface area (Å²) in [6.07, 6.45) is 8.11. The molecule has 1 aromatic carbocycles. The van der Waals surface area contributed by atoms with Crippen molar-refractivity contribution >= 4 is 35.6 Å². The van der Waals surface area contributed by atoms with Gasteiger partial charge in [0.15, 0.2) is 5.78 Å². The van der Waals surface area contributed by atoms with Crippen LogP contribution in [0.15, 0.2) is 47.5 Å². The van der Waals surface area contributed by atoms with E-state index in [1.165, 1.54) is 0 Å². The summed E-state index contributed by atoms with van der Waals surface area (Å²) in [5.74, 6) is -2.12. The Morgan fingerprint density at radius 2 is 1.53 bits per heavy atom. The van der Waals surface area contributed by atoms with Crippen molar-refractivity contribution in [3.8, 4) is 11.3 Å². The van der Waals surface area contributed by atoms with Crippen molar-refractivity contribution in [2.45, 2.75) is 170 Å². The molecule has 0 radical (unpaired) electrons. The van der Waals surface area contributed by atoms with E-state index < -0.39 is 46.3 Å². The van der Waals surface area contributed by atoms with Gasteiger partial charge >= 0.3 is 18.0 Å². The number of carboxylic acids is 1. The van der Waals surface area contributed by atoms with Crippen molar-refractivity contribution in [1.82, 2.24) is 20.4 Å². The molecular weight excluding hydrogens is 861 g/mol. The van der Waals surface area contributed by atoms with Gasteiger partial charge in [0.1, 0.15) is 17.3 Å². The molecular formula is C55H74N4O9. The summed E-state index contributed by atoms with van der Waals surface area (Å²) in [5.41, 5.74) is -0.175. The third-order valence-corrected chi connectivity index (χ3v) is 20.3. The van der Waals surface area contributed by atoms with Gasteiger partial charge in [0.25, 0.3) is 5.91 Å². The standard InChI is InChI=1S/C55H74N4O9/c1-11-67-48(66)59-37(29-36(58-59)32-16-13-12-14-17-32)44(61)56-54(22-15-23-54)47(65)57-55-27-26-52(9)33(43(55)42(31(2)3)38(60)30-55)18-19-40-51(8)24-21-41(50(6,7)39(51)20-25-53(40,52)10)68-46(64)35-28-34(45(62)63)49(35,4)5/h12-14,16-17,29,31,33-35,39-41H,11,15,18-28,30H2,1-10H3,(H,56,61)(H,57,65)(H,62,63)/t33-,34+,35-,39+,40-,41+,51+,52-,53-,55-/m1/s1. The zero-order valence-electron chi connectivity index (χ0n) is 42.0. The number of benzene rings is 1. The molecule has 7 aliphatic carbocycles. The highest BCUT2D eigenvalue weighted by Gasteiger charge is 2.71. The number of aromatic nitrogens is 2. The molecule has 6 saturated carbocycles. The molecule has 7 aliphatic rings. The highest BCUT2D eigenvalue weighted by Crippen LogP contribution is 2.76. The van der Waals surface area contributed by atoms with E-state index in [0.717, 1.165) is 72.8 Å². The second kappa shape index (κ2) is 16.4. The number of hydrogen-bond donors (Lipinski definition) is 3. The van der Waals surface area contributed by atoms with Crippen LogP contribution in [0.3, 0.4) is 0 Å². The molecule has 0 saturated heterocycles. The topological polar surface area (TPSA) is 183 Å². The van der Waals surface area contributed by atoms with Crippen LogP contribution in [-0.2, 0) is 28.7 Å². The predicted molar refractivity (Wildman–Crippen MR) is 255 cm³/mol. The van der Waals surface area contributed by atoms with E-state index in [2.05, 4.69) is 64.2 Å². The number of fused-ring (bicyclic) bond motifs is 7. The molecule has 0 aliphatic heterocycles. The molecule has 0 spiro atoms. The first-order valence-electron chi connectivity index (χ1n) is 25.6. The molecule has 2 aromatic rings. The molecule has 6 fully saturated rings. The normalized spacial score (nSPS) is 36.1. The number of nitrogens with one attached hydrogen (secondary N) is 2. The lowest BCUT2D eigenvalue weighted by atomic mass is 9.33. The maximum absolute atomic E-state index is 15.0. The lowest BCUT2D eigenvalue weighted by molar-refractivity contribution is -0.235. The summed E-state index contributed by atoms with van der Waals surface area (Å²) < 4.78 is 12.7. The van der Waals surface area contributed by atoms with Gasteiger partial charge < -0.3 is 25.2 Å². The Kier molecular flexibility index (Phi) is 11.6. The zero-order chi connectivity index (χ0) is 49.1. The molecule has 368 valence electrons. The number of allylic oxidation sites excluding steroid dienone is 1. The molecule has 68 heavy (non-hydrogen) atoms. The Morgan fingerprint density at radius 1 is 0.824 bits per heavy atom. The van der Waals surface area contributed by atoms with Crippen LogP contribution in [0.5, 0.6) is 0 Å². The summed E-state index contributed by atoms with van der Waals surface area (Å²) >= 11 is 0. The lowest BCUT2D eigenvalue weighted by Crippen LogP contribution is -2.70. The van der Waals surface area contributed by atoms with Gasteiger partial charge in [-0.2, -0.15) is 9.78 Å². The van der Waals surface area contributed by atoms with Crippen LogP contribution in [-0.4, -0.2) is 74.3 Å². The van der Waals surface area contributed by atoms with Crippen LogP contribution in [0.2, 0.25) is 0 Å². The average molecular weight is 935 g/mol. The fraction of sp³-hybridized carbons (Fsp3) is 0.691. The highest BCUT2D eigenvalue weighted by atomic mass is 16.6. The average Bonchev–Trinajstić information content (AvgIpc) is 3.83. The number of ether oxygens (including phenoxy) is 2. The first-order chi connectivity index (χ1) is 31.9. The fourth-order valence-corrected chi connectivity index (χ4v) is 16.1. The monoisotopic (exact) mass is 935 g/mol. The SMILES string of the molecule is CCOC(=O)n1nc(-c2ccccc2)cc1C(=O)NC1(C(=O)N[C@@]23CC[C@]4(C)[C@H](CC[C@@H]5[C@@]6(C)CC[C@H](OC(=O)[C@H]7C[C@@H](C(=O)O)C7(C)C)C(C)(C)[C@@H]6CC[C@]54C)C2=C(C(C)C)C(=O)C3)CCC1. The lowest BCUT2D eigenvalue weighted by Gasteiger charge is -2.72. The number of rotatable bonds is 10. The Hall–Kier alpha value is -4.81. The molecule has 13 heteroatoms. The van der Waals surface area contributed by atoms with Crippen LogP contribution in [0, 0.1) is 62.6 Å². The first kappa shape index (κ1) is 48.2. The Balaban J connectivity index is 0.966. The maximum atomic E-state index is 15.0. The van der Waals surface area contributed by atoms with Crippen LogP contribution < -0.4 is 10.6 Å². The Morgan fingerprint density at radius 3 is 2.15 bits per heavy atom. The summed E-state index contributed by atoms with van der Waals surface area (Å²) in [4.78, 5) is 82.5. The van der Waals surface area contributed by atoms with Gasteiger partial charge in [0, 0.05) is 17.4 Å². The molecule has 1 aromatic heterocycles. The van der Waals surface area contributed by atoms with Gasteiger partial charge in [-0.1, -0.05) is 92.6 Å². The largest absolute Gasteiger partial charge is 0.481 e. The predicted octanol–water partition coefficient (Wildman–Crippen LogP) is 9.72. The molecule has 0 bridgehead atoms. The number of hydrogen-bond acceptors (Lipinski definition) is 9. The Bertz CT molecular complexity index is 2470. The van der Waals surface area contributed by atoms with E-state index in [1.807, 2.05) is 44.2 Å². The van der Waals surface area contributed by atoms with Crippen LogP contribution in [0.4, 0.5) is 4.79 Å². The quantitative estimate of drug-likeness (QED) is 0.194. The summed E-state index contributed by atoms with van der Waals surface area (Å²) in [5, 5.41) is 20.8. The number of aliphatic carboxylic acids is 1. The van der Waals surface area contributed by atoms with Gasteiger partial charge in [-0.3, -0.25) is 24.0 Å². The number of nitrogens with zero attached hydrogens (tertiary/aromatic N) is 2. The van der Waals surface area contributed by atoms with E-state index in [0.29, 0.717) is 43.2 Å². The van der Waals surface area contributed by atoms with E-state index in [-0.39, 0.29) is 76.0 Å². The minimum atomic E-state index is -1.23. The molecule has 13 nitrogen and oxygen atoms in total. The number of carbonyl (C=O) groups excluding carboxylic acids is 5. The van der Waals surface area contributed by atoms with E-state index in [4.69, 9.17) is 9.47 Å². The number of esters is 1. The van der Waals surface area contributed by atoms with Crippen LogP contribution in [0.25, 0.3) is 11.3 Å². The molecule has 10 atom stereocenters. The van der Waals surface area contributed by atoms with Crippen molar-refractivity contribution in [2.24, 2.45) is 62.6 Å². The number of Topliss-reactive ketones (excluding diaryl/α,β-unsaturated/α-hetero) is 1. The van der Waals surface area contributed by atoms with Crippen molar-refractivity contribution in [2.75, 3.05) is 6.61 Å². The van der Waals surface area contributed by atoms with Crippen molar-refractivity contribution in [3.63, 3.8) is 0 Å². The number of ketones is 1. The van der Waals surface area contributed by atoms with Crippen LogP contribution >= 0.6 is 0 Å². The van der Waals surface area contributed by atoms with Crippen molar-refractivity contribution in [3.05, 3.63) is 53.2 Å². The van der Waals surface area contributed by atoms with Crippen molar-refractivity contribution < 1.29 is 43.3 Å². The molecule has 1 heterocycles. The third kappa shape index (κ3) is 6.98. The maximum Gasteiger partial charge on any atom is 0.435 e. The summed E-state index contributed by atoms with van der Waals surface area (Å²) in [7, 11) is 0. The van der Waals surface area contributed by atoms with E-state index in [1.54, 1.807) is 13.0 Å². The fourth-order valence-electron chi connectivity index (χ4n) is 16.1. The van der Waals surface area contributed by atoms with E-state index in [9.17, 15) is 29.1 Å². The number of carbonyl (C=O) groups is 6. The molecule has 0 unspecified atom stereocenters. The Labute approximate surface area is 401 Å². The highest BCUT2D eigenvalue weighted by molar-refractivity contribution is 6.04. The van der Waals surface area contributed by atoms with Gasteiger partial charge in [-0.05, 0) is 147 Å². The molecule has 3 N–H and O–H groups in total. The zero-order valence-corrected chi connectivity index (χ0v) is 42.0. The molecule has 2 amide bonds. The molecule has 9 rings (SSSR count). The van der Waals surface area contributed by atoms with Gasteiger partial charge in [0.2, 0.25) is 5.91 Å². The smallest absolute Gasteiger partial charge is 0.435 e. The third-order valence-electron chi connectivity index (χ3n) is 20.3. The van der Waals surface area contributed by atoms with E-state index >= 15 is 4.79 Å². The number of amides is 2. The minimum Gasteiger partial charge on any atom is -0.481 e. The second-order valence-electron chi connectivity index (χ2n) is 24.3. The van der Waals surface area contributed by atoms with Gasteiger partial charge in [0.05, 0.1) is 29.7 Å². The van der Waals surface area contributed by atoms with Gasteiger partial charge in [-0.25, -0.2) is 4.79 Å². The van der Waals surface area contributed by atoms with Crippen LogP contribution in [0.1, 0.15) is 163 Å². The van der Waals surface area contributed by atoms with Gasteiger partial charge in [-0.15, -0.1) is 0 Å². The summed E-state index contributed by atoms with van der Waals surface area (Å²) in [6, 6.07) is 10.8. The van der Waals surface area contributed by atoms with Crippen molar-refractivity contribution in [1.29, 1.82) is 0 Å². The first-order valence-corrected chi connectivity index (χ1v) is 25.6.